The van der Waals surface area contributed by atoms with E-state index in [0.29, 0.717) is 37.7 Å². The fourth-order valence-electron chi connectivity index (χ4n) is 4.74. The molecule has 188 valence electrons. The van der Waals surface area contributed by atoms with Crippen molar-refractivity contribution in [1.29, 1.82) is 0 Å². The number of rotatable bonds is 6. The minimum Gasteiger partial charge on any atom is -0.493 e. The van der Waals surface area contributed by atoms with E-state index >= 15 is 0 Å². The summed E-state index contributed by atoms with van der Waals surface area (Å²) in [6, 6.07) is 18.6. The summed E-state index contributed by atoms with van der Waals surface area (Å²) in [6.07, 6.45) is 1.77. The maximum absolute atomic E-state index is 14.0. The second-order valence-corrected chi connectivity index (χ2v) is 9.46. The van der Waals surface area contributed by atoms with E-state index in [1.807, 2.05) is 54.6 Å². The van der Waals surface area contributed by atoms with E-state index in [0.717, 1.165) is 16.3 Å². The third kappa shape index (κ3) is 4.23. The van der Waals surface area contributed by atoms with E-state index in [4.69, 9.17) is 14.2 Å². The maximum atomic E-state index is 14.0. The minimum absolute atomic E-state index is 0.220. The zero-order chi connectivity index (χ0) is 26.1. The zero-order valence-corrected chi connectivity index (χ0v) is 21.8. The molecular weight excluding hydrogens is 488 g/mol. The number of ether oxygens (including phenoxy) is 3. The number of carbonyl (C=O) groups is 1. The molecule has 0 amide bonds. The maximum Gasteiger partial charge on any atom is 0.338 e. The molecule has 0 unspecified atom stereocenters. The van der Waals surface area contributed by atoms with Crippen molar-refractivity contribution in [3.8, 4) is 11.5 Å². The first-order valence-corrected chi connectivity index (χ1v) is 12.7. The zero-order valence-electron chi connectivity index (χ0n) is 21.0. The number of hydrogen-bond acceptors (Lipinski definition) is 7. The first-order valence-electron chi connectivity index (χ1n) is 11.9. The lowest BCUT2D eigenvalue weighted by Crippen LogP contribution is -2.40. The van der Waals surface area contributed by atoms with Gasteiger partial charge in [0.1, 0.15) is 0 Å². The largest absolute Gasteiger partial charge is 0.493 e. The second-order valence-electron chi connectivity index (χ2n) is 8.45. The number of para-hydroxylation sites is 1. The van der Waals surface area contributed by atoms with Gasteiger partial charge < -0.3 is 14.2 Å². The quantitative estimate of drug-likeness (QED) is 0.364. The molecule has 7 nitrogen and oxygen atoms in total. The predicted molar refractivity (Wildman–Crippen MR) is 144 cm³/mol. The van der Waals surface area contributed by atoms with Crippen molar-refractivity contribution in [2.75, 3.05) is 20.8 Å². The van der Waals surface area contributed by atoms with Crippen LogP contribution in [0.25, 0.3) is 16.8 Å². The van der Waals surface area contributed by atoms with E-state index in [1.165, 1.54) is 11.3 Å². The van der Waals surface area contributed by atoms with Crippen molar-refractivity contribution < 1.29 is 19.0 Å². The van der Waals surface area contributed by atoms with Gasteiger partial charge in [-0.05, 0) is 42.3 Å². The molecule has 0 aliphatic carbocycles. The van der Waals surface area contributed by atoms with Gasteiger partial charge in [-0.15, -0.1) is 0 Å². The van der Waals surface area contributed by atoms with Crippen LogP contribution in [0.5, 0.6) is 11.5 Å². The third-order valence-corrected chi connectivity index (χ3v) is 7.34. The number of esters is 1. The normalized spacial score (nSPS) is 15.4. The molecule has 3 aromatic carbocycles. The fourth-order valence-corrected chi connectivity index (χ4v) is 5.78. The summed E-state index contributed by atoms with van der Waals surface area (Å²) >= 11 is 1.27. The molecule has 0 spiro atoms. The Morgan fingerprint density at radius 1 is 1.05 bits per heavy atom. The Labute approximate surface area is 217 Å². The summed E-state index contributed by atoms with van der Waals surface area (Å²) in [4.78, 5) is 32.4. The lowest BCUT2D eigenvalue weighted by molar-refractivity contribution is -0.139. The predicted octanol–water partition coefficient (Wildman–Crippen LogP) is 3.97. The van der Waals surface area contributed by atoms with Crippen LogP contribution in [-0.4, -0.2) is 31.4 Å². The molecule has 0 saturated heterocycles. The van der Waals surface area contributed by atoms with Crippen molar-refractivity contribution in [2.45, 2.75) is 19.9 Å². The number of thiazole rings is 1. The molecule has 1 aliphatic rings. The van der Waals surface area contributed by atoms with E-state index in [1.54, 1.807) is 44.8 Å². The van der Waals surface area contributed by atoms with Gasteiger partial charge >= 0.3 is 5.97 Å². The summed E-state index contributed by atoms with van der Waals surface area (Å²) in [5, 5.41) is 1.97. The van der Waals surface area contributed by atoms with Crippen LogP contribution < -0.4 is 24.4 Å². The van der Waals surface area contributed by atoms with Crippen molar-refractivity contribution in [1.82, 2.24) is 4.57 Å². The molecule has 0 radical (unpaired) electrons. The van der Waals surface area contributed by atoms with Gasteiger partial charge in [-0.3, -0.25) is 9.36 Å². The minimum atomic E-state index is -0.684. The molecule has 1 aliphatic heterocycles. The number of aromatic nitrogens is 1. The summed E-state index contributed by atoms with van der Waals surface area (Å²) in [6.45, 7) is 3.77. The number of hydrogen-bond donors (Lipinski definition) is 0. The molecule has 2 heterocycles. The first-order chi connectivity index (χ1) is 18.0. The van der Waals surface area contributed by atoms with Crippen molar-refractivity contribution >= 4 is 34.2 Å². The van der Waals surface area contributed by atoms with Crippen LogP contribution in [0.2, 0.25) is 0 Å². The molecule has 1 aromatic heterocycles. The van der Waals surface area contributed by atoms with E-state index < -0.39 is 12.0 Å². The lowest BCUT2D eigenvalue weighted by Gasteiger charge is -2.25. The Morgan fingerprint density at radius 2 is 1.81 bits per heavy atom. The van der Waals surface area contributed by atoms with Gasteiger partial charge in [-0.1, -0.05) is 65.9 Å². The van der Waals surface area contributed by atoms with Crippen molar-refractivity contribution in [2.24, 2.45) is 4.99 Å². The molecule has 5 rings (SSSR count). The Kier molecular flexibility index (Phi) is 6.67. The highest BCUT2D eigenvalue weighted by Crippen LogP contribution is 2.35. The van der Waals surface area contributed by atoms with Crippen LogP contribution >= 0.6 is 11.3 Å². The van der Waals surface area contributed by atoms with Crippen molar-refractivity contribution in [3.05, 3.63) is 103 Å². The first kappa shape index (κ1) is 24.5. The average molecular weight is 515 g/mol. The van der Waals surface area contributed by atoms with Gasteiger partial charge in [0.2, 0.25) is 0 Å². The summed E-state index contributed by atoms with van der Waals surface area (Å²) in [5.41, 5.74) is 2.18. The fraction of sp³-hybridized carbons (Fsp3) is 0.207. The number of carbonyl (C=O) groups excluding carboxylic acids is 1. The highest BCUT2D eigenvalue weighted by Gasteiger charge is 2.34. The molecule has 4 aromatic rings. The monoisotopic (exact) mass is 514 g/mol. The van der Waals surface area contributed by atoms with Crippen LogP contribution in [0, 0.1) is 0 Å². The van der Waals surface area contributed by atoms with Gasteiger partial charge in [0.25, 0.3) is 5.56 Å². The van der Waals surface area contributed by atoms with E-state index in [9.17, 15) is 9.59 Å². The Morgan fingerprint density at radius 3 is 2.57 bits per heavy atom. The summed E-state index contributed by atoms with van der Waals surface area (Å²) in [5.74, 6) is 0.619. The van der Waals surface area contributed by atoms with Gasteiger partial charge in [0.05, 0.1) is 42.7 Å². The van der Waals surface area contributed by atoms with Gasteiger partial charge in [0, 0.05) is 5.56 Å². The van der Waals surface area contributed by atoms with Crippen LogP contribution in [0.1, 0.15) is 31.0 Å². The van der Waals surface area contributed by atoms with Gasteiger partial charge in [-0.25, -0.2) is 9.79 Å². The average Bonchev–Trinajstić information content (AvgIpc) is 3.21. The second kappa shape index (κ2) is 10.1. The Hall–Kier alpha value is -4.17. The van der Waals surface area contributed by atoms with Crippen LogP contribution in [0.4, 0.5) is 0 Å². The molecule has 0 fully saturated rings. The number of fused-ring (bicyclic) bond motifs is 2. The Bertz CT molecular complexity index is 1730. The molecule has 0 N–H and O–H groups in total. The van der Waals surface area contributed by atoms with Crippen LogP contribution in [0.15, 0.2) is 81.7 Å². The number of nitrogens with zero attached hydrogens (tertiary/aromatic N) is 2. The number of benzene rings is 3. The van der Waals surface area contributed by atoms with Gasteiger partial charge in [0.15, 0.2) is 16.3 Å². The summed E-state index contributed by atoms with van der Waals surface area (Å²) in [7, 11) is 3.13. The summed E-state index contributed by atoms with van der Waals surface area (Å²) < 4.78 is 18.5. The highest BCUT2D eigenvalue weighted by molar-refractivity contribution is 7.07. The smallest absolute Gasteiger partial charge is 0.338 e. The standard InChI is InChI=1S/C29H26N2O5S/c1-5-36-28(33)24-17(2)30-29-31(25(24)21-14-8-11-18-10-6-7-13-20(18)21)27(32)23(37-29)16-19-12-9-15-22(34-3)26(19)35-4/h6-16,25H,5H2,1-4H3/b23-16+/t25-/m1/s1. The molecule has 37 heavy (non-hydrogen) atoms. The molecule has 8 heteroatoms. The van der Waals surface area contributed by atoms with Crippen LogP contribution in [0.3, 0.4) is 0 Å². The number of methoxy groups -OCH3 is 2. The Balaban J connectivity index is 1.80. The molecule has 1 atom stereocenters. The lowest BCUT2D eigenvalue weighted by atomic mass is 9.91. The molecule has 0 bridgehead atoms. The van der Waals surface area contributed by atoms with E-state index in [-0.39, 0.29) is 12.2 Å². The van der Waals surface area contributed by atoms with Gasteiger partial charge in [-0.2, -0.15) is 0 Å². The number of allylic oxidation sites excluding steroid dienone is 1. The SMILES string of the molecule is CCOC(=O)C1=C(C)N=c2s/c(=C/c3cccc(OC)c3OC)c(=O)n2[C@@H]1c1cccc2ccccc12. The third-order valence-electron chi connectivity index (χ3n) is 6.35. The molecular formula is C29H26N2O5S. The van der Waals surface area contributed by atoms with E-state index in [2.05, 4.69) is 4.99 Å². The molecule has 0 saturated carbocycles. The highest BCUT2D eigenvalue weighted by atomic mass is 32.1. The van der Waals surface area contributed by atoms with Crippen molar-refractivity contribution in [3.63, 3.8) is 0 Å². The topological polar surface area (TPSA) is 79.1 Å². The van der Waals surface area contributed by atoms with Crippen LogP contribution in [-0.2, 0) is 9.53 Å².